The van der Waals surface area contributed by atoms with Gasteiger partial charge in [0.15, 0.2) is 0 Å². The lowest BCUT2D eigenvalue weighted by molar-refractivity contribution is 0.251. The molecule has 2 N–H and O–H groups in total. The maximum absolute atomic E-state index is 12.0. The van der Waals surface area contributed by atoms with Crippen LogP contribution in [-0.2, 0) is 6.54 Å². The Kier molecular flexibility index (Phi) is 4.33. The predicted molar refractivity (Wildman–Crippen MR) is 86.8 cm³/mol. The van der Waals surface area contributed by atoms with E-state index in [0.29, 0.717) is 24.0 Å². The van der Waals surface area contributed by atoms with Gasteiger partial charge < -0.3 is 15.1 Å². The summed E-state index contributed by atoms with van der Waals surface area (Å²) in [7, 11) is 0. The molecular weight excluding hydrogens is 292 g/mol. The Balaban J connectivity index is 1.62. The number of hydrogen-bond acceptors (Lipinski definition) is 4. The summed E-state index contributed by atoms with van der Waals surface area (Å²) < 4.78 is 5.38. The largest absolute Gasteiger partial charge is 0.421 e. The first kappa shape index (κ1) is 14.8. The third-order valence-electron chi connectivity index (χ3n) is 3.19. The zero-order chi connectivity index (χ0) is 16.1. The first-order valence-corrected chi connectivity index (χ1v) is 7.20. The molecule has 23 heavy (non-hydrogen) atoms. The van der Waals surface area contributed by atoms with Crippen LogP contribution in [0.3, 0.4) is 0 Å². The van der Waals surface area contributed by atoms with Gasteiger partial charge in [0.25, 0.3) is 0 Å². The molecule has 2 amide bonds. The Hall–Kier alpha value is -3.15. The van der Waals surface area contributed by atoms with E-state index < -0.39 is 0 Å². The van der Waals surface area contributed by atoms with Crippen LogP contribution in [0.5, 0.6) is 0 Å². The van der Waals surface area contributed by atoms with E-state index in [1.165, 1.54) is 0 Å². The molecule has 0 bridgehead atoms. The summed E-state index contributed by atoms with van der Waals surface area (Å²) in [4.78, 5) is 12.0. The van der Waals surface area contributed by atoms with Crippen LogP contribution in [0, 0.1) is 6.92 Å². The molecule has 0 aliphatic carbocycles. The van der Waals surface area contributed by atoms with Crippen molar-refractivity contribution in [3.63, 3.8) is 0 Å². The number of aryl methyl sites for hydroxylation is 1. The molecule has 0 aliphatic heterocycles. The molecule has 116 valence electrons. The van der Waals surface area contributed by atoms with Crippen LogP contribution in [-0.4, -0.2) is 16.2 Å². The molecule has 0 spiro atoms. The smallest absolute Gasteiger partial charge is 0.319 e. The second-order valence-corrected chi connectivity index (χ2v) is 5.00. The van der Waals surface area contributed by atoms with Crippen molar-refractivity contribution in [1.82, 2.24) is 15.5 Å². The second kappa shape index (κ2) is 6.74. The SMILES string of the molecule is Cc1nnc(-c2cccc(NC(=O)NCc3ccccc3)c2)o1. The summed E-state index contributed by atoms with van der Waals surface area (Å²) in [5.41, 5.74) is 2.45. The van der Waals surface area contributed by atoms with E-state index in [4.69, 9.17) is 4.42 Å². The van der Waals surface area contributed by atoms with E-state index in [2.05, 4.69) is 20.8 Å². The molecule has 0 unspecified atom stereocenters. The molecule has 0 saturated heterocycles. The fourth-order valence-corrected chi connectivity index (χ4v) is 2.10. The number of rotatable bonds is 4. The molecule has 0 fully saturated rings. The summed E-state index contributed by atoms with van der Waals surface area (Å²) in [5, 5.41) is 13.4. The Morgan fingerprint density at radius 1 is 1.09 bits per heavy atom. The van der Waals surface area contributed by atoms with Gasteiger partial charge in [0, 0.05) is 24.7 Å². The van der Waals surface area contributed by atoms with Crippen LogP contribution in [0.1, 0.15) is 11.5 Å². The second-order valence-electron chi connectivity index (χ2n) is 5.00. The molecule has 3 aromatic rings. The molecule has 0 radical (unpaired) electrons. The van der Waals surface area contributed by atoms with Crippen molar-refractivity contribution in [2.45, 2.75) is 13.5 Å². The van der Waals surface area contributed by atoms with Crippen molar-refractivity contribution >= 4 is 11.7 Å². The van der Waals surface area contributed by atoms with E-state index in [1.807, 2.05) is 42.5 Å². The molecule has 2 aromatic carbocycles. The summed E-state index contributed by atoms with van der Waals surface area (Å²) >= 11 is 0. The Labute approximate surface area is 133 Å². The number of benzene rings is 2. The molecule has 1 heterocycles. The average Bonchev–Trinajstić information content (AvgIpc) is 3.01. The van der Waals surface area contributed by atoms with E-state index >= 15 is 0 Å². The van der Waals surface area contributed by atoms with Gasteiger partial charge in [0.2, 0.25) is 11.8 Å². The number of carbonyl (C=O) groups excluding carboxylic acids is 1. The van der Waals surface area contributed by atoms with Crippen molar-refractivity contribution in [2.75, 3.05) is 5.32 Å². The van der Waals surface area contributed by atoms with E-state index in [-0.39, 0.29) is 6.03 Å². The van der Waals surface area contributed by atoms with Gasteiger partial charge in [-0.25, -0.2) is 4.79 Å². The first-order chi connectivity index (χ1) is 11.2. The highest BCUT2D eigenvalue weighted by molar-refractivity contribution is 5.89. The highest BCUT2D eigenvalue weighted by atomic mass is 16.4. The topological polar surface area (TPSA) is 80.0 Å². The third-order valence-corrected chi connectivity index (χ3v) is 3.19. The average molecular weight is 308 g/mol. The van der Waals surface area contributed by atoms with Gasteiger partial charge in [-0.05, 0) is 23.8 Å². The maximum atomic E-state index is 12.0. The minimum atomic E-state index is -0.271. The van der Waals surface area contributed by atoms with E-state index in [0.717, 1.165) is 11.1 Å². The molecule has 6 heteroatoms. The minimum Gasteiger partial charge on any atom is -0.421 e. The first-order valence-electron chi connectivity index (χ1n) is 7.20. The molecule has 0 atom stereocenters. The van der Waals surface area contributed by atoms with Gasteiger partial charge in [-0.3, -0.25) is 0 Å². The molecule has 3 rings (SSSR count). The number of nitrogens with one attached hydrogen (secondary N) is 2. The zero-order valence-corrected chi connectivity index (χ0v) is 12.6. The van der Waals surface area contributed by atoms with Crippen LogP contribution in [0.4, 0.5) is 10.5 Å². The van der Waals surface area contributed by atoms with Gasteiger partial charge in [0.05, 0.1) is 0 Å². The Morgan fingerprint density at radius 3 is 2.65 bits per heavy atom. The minimum absolute atomic E-state index is 0.271. The number of amides is 2. The van der Waals surface area contributed by atoms with Crippen molar-refractivity contribution in [3.05, 3.63) is 66.1 Å². The van der Waals surface area contributed by atoms with Crippen molar-refractivity contribution in [2.24, 2.45) is 0 Å². The van der Waals surface area contributed by atoms with Crippen LogP contribution < -0.4 is 10.6 Å². The van der Waals surface area contributed by atoms with Crippen molar-refractivity contribution in [1.29, 1.82) is 0 Å². The van der Waals surface area contributed by atoms with Crippen LogP contribution in [0.25, 0.3) is 11.5 Å². The van der Waals surface area contributed by atoms with Crippen molar-refractivity contribution in [3.8, 4) is 11.5 Å². The number of aromatic nitrogens is 2. The fourth-order valence-electron chi connectivity index (χ4n) is 2.10. The summed E-state index contributed by atoms with van der Waals surface area (Å²) in [5.74, 6) is 0.926. The van der Waals surface area contributed by atoms with Crippen LogP contribution in [0.2, 0.25) is 0 Å². The summed E-state index contributed by atoms with van der Waals surface area (Å²) in [6.07, 6.45) is 0. The predicted octanol–water partition coefficient (Wildman–Crippen LogP) is 3.37. The van der Waals surface area contributed by atoms with Gasteiger partial charge >= 0.3 is 6.03 Å². The van der Waals surface area contributed by atoms with E-state index in [1.54, 1.807) is 19.1 Å². The highest BCUT2D eigenvalue weighted by Gasteiger charge is 2.08. The fraction of sp³-hybridized carbons (Fsp3) is 0.118. The van der Waals surface area contributed by atoms with E-state index in [9.17, 15) is 4.79 Å². The lowest BCUT2D eigenvalue weighted by Crippen LogP contribution is -2.28. The molecule has 0 saturated carbocycles. The van der Waals surface area contributed by atoms with Crippen LogP contribution >= 0.6 is 0 Å². The van der Waals surface area contributed by atoms with Gasteiger partial charge in [-0.15, -0.1) is 10.2 Å². The summed E-state index contributed by atoms with van der Waals surface area (Å²) in [6, 6.07) is 16.7. The number of anilines is 1. The lowest BCUT2D eigenvalue weighted by atomic mass is 10.2. The van der Waals surface area contributed by atoms with Gasteiger partial charge in [-0.2, -0.15) is 0 Å². The molecule has 0 aliphatic rings. The standard InChI is InChI=1S/C17H16N4O2/c1-12-20-21-16(23-12)14-8-5-9-15(10-14)19-17(22)18-11-13-6-3-2-4-7-13/h2-10H,11H2,1H3,(H2,18,19,22). The summed E-state index contributed by atoms with van der Waals surface area (Å²) in [6.45, 7) is 2.20. The lowest BCUT2D eigenvalue weighted by Gasteiger charge is -2.08. The molecular formula is C17H16N4O2. The van der Waals surface area contributed by atoms with Crippen molar-refractivity contribution < 1.29 is 9.21 Å². The zero-order valence-electron chi connectivity index (χ0n) is 12.6. The monoisotopic (exact) mass is 308 g/mol. The van der Waals surface area contributed by atoms with Crippen LogP contribution in [0.15, 0.2) is 59.0 Å². The number of hydrogen-bond donors (Lipinski definition) is 2. The maximum Gasteiger partial charge on any atom is 0.319 e. The normalized spacial score (nSPS) is 10.3. The number of nitrogens with zero attached hydrogens (tertiary/aromatic N) is 2. The number of carbonyl (C=O) groups is 1. The third kappa shape index (κ3) is 3.94. The Morgan fingerprint density at radius 2 is 1.91 bits per heavy atom. The Bertz CT molecular complexity index is 799. The molecule has 1 aromatic heterocycles. The number of urea groups is 1. The van der Waals surface area contributed by atoms with Gasteiger partial charge in [0.1, 0.15) is 0 Å². The quantitative estimate of drug-likeness (QED) is 0.774. The van der Waals surface area contributed by atoms with Gasteiger partial charge in [-0.1, -0.05) is 36.4 Å². The highest BCUT2D eigenvalue weighted by Crippen LogP contribution is 2.21. The molecule has 6 nitrogen and oxygen atoms in total.